The van der Waals surface area contributed by atoms with E-state index in [1.807, 2.05) is 30.3 Å². The first-order valence-electron chi connectivity index (χ1n) is 7.87. The topological polar surface area (TPSA) is 39.9 Å². The molecular weight excluding hydrogens is 310 g/mol. The fraction of sp³-hybridized carbons (Fsp3) is 0.333. The molecule has 1 aromatic carbocycles. The van der Waals surface area contributed by atoms with Crippen molar-refractivity contribution in [3.63, 3.8) is 0 Å². The second kappa shape index (κ2) is 6.59. The number of nitrogens with zero attached hydrogens (tertiary/aromatic N) is 3. The van der Waals surface area contributed by atoms with Crippen molar-refractivity contribution in [2.75, 3.05) is 7.11 Å². The third kappa shape index (κ3) is 2.68. The van der Waals surface area contributed by atoms with Crippen LogP contribution < -0.4 is 4.74 Å². The second-order valence-electron chi connectivity index (χ2n) is 5.45. The zero-order valence-corrected chi connectivity index (χ0v) is 14.3. The van der Waals surface area contributed by atoms with Crippen LogP contribution in [0.3, 0.4) is 0 Å². The van der Waals surface area contributed by atoms with Crippen molar-refractivity contribution in [2.24, 2.45) is 0 Å². The third-order valence-corrected chi connectivity index (χ3v) is 4.52. The highest BCUT2D eigenvalue weighted by Crippen LogP contribution is 2.35. The number of benzene rings is 1. The Labute approximate surface area is 141 Å². The van der Waals surface area contributed by atoms with Gasteiger partial charge in [0.1, 0.15) is 5.52 Å². The molecule has 0 N–H and O–H groups in total. The zero-order chi connectivity index (χ0) is 16.4. The molecule has 3 rings (SSSR count). The van der Waals surface area contributed by atoms with Crippen molar-refractivity contribution in [3.8, 4) is 17.3 Å². The molecule has 0 spiro atoms. The van der Waals surface area contributed by atoms with Crippen molar-refractivity contribution in [3.05, 3.63) is 41.6 Å². The van der Waals surface area contributed by atoms with Crippen molar-refractivity contribution in [1.82, 2.24) is 14.5 Å². The van der Waals surface area contributed by atoms with Crippen LogP contribution in [0.15, 0.2) is 36.5 Å². The Morgan fingerprint density at radius 1 is 1.17 bits per heavy atom. The monoisotopic (exact) mass is 329 g/mol. The normalized spacial score (nSPS) is 11.3. The van der Waals surface area contributed by atoms with Gasteiger partial charge in [-0.1, -0.05) is 43.6 Å². The minimum absolute atomic E-state index is 0.344. The summed E-state index contributed by atoms with van der Waals surface area (Å²) < 4.78 is 7.69. The highest BCUT2D eigenvalue weighted by molar-refractivity contribution is 6.33. The second-order valence-corrected chi connectivity index (χ2v) is 5.85. The van der Waals surface area contributed by atoms with Gasteiger partial charge < -0.3 is 4.74 Å². The average molecular weight is 330 g/mol. The van der Waals surface area contributed by atoms with Crippen LogP contribution in [0, 0.1) is 0 Å². The van der Waals surface area contributed by atoms with Gasteiger partial charge in [0.15, 0.2) is 0 Å². The summed E-state index contributed by atoms with van der Waals surface area (Å²) in [5.41, 5.74) is 3.53. The van der Waals surface area contributed by atoms with Crippen molar-refractivity contribution in [1.29, 1.82) is 0 Å². The summed E-state index contributed by atoms with van der Waals surface area (Å²) in [5, 5.41) is 0.670. The molecule has 0 aliphatic carbocycles. The van der Waals surface area contributed by atoms with Crippen LogP contribution in [0.2, 0.25) is 5.02 Å². The fourth-order valence-electron chi connectivity index (χ4n) is 3.00. The number of fused-ring (bicyclic) bond motifs is 1. The molecule has 0 fully saturated rings. The lowest BCUT2D eigenvalue weighted by Gasteiger charge is -2.17. The van der Waals surface area contributed by atoms with Gasteiger partial charge in [-0.2, -0.15) is 4.98 Å². The maximum absolute atomic E-state index is 6.35. The van der Waals surface area contributed by atoms with Gasteiger partial charge in [0.2, 0.25) is 0 Å². The number of hydrogen-bond acceptors (Lipinski definition) is 3. The molecule has 2 aromatic heterocycles. The van der Waals surface area contributed by atoms with E-state index in [1.165, 1.54) is 0 Å². The summed E-state index contributed by atoms with van der Waals surface area (Å²) in [7, 11) is 1.66. The number of aromatic nitrogens is 3. The first-order chi connectivity index (χ1) is 11.2. The summed E-state index contributed by atoms with van der Waals surface area (Å²) in [5.74, 6) is 0. The van der Waals surface area contributed by atoms with Gasteiger partial charge in [-0.3, -0.25) is 9.55 Å². The largest absolute Gasteiger partial charge is 0.468 e. The van der Waals surface area contributed by atoms with Gasteiger partial charge in [-0.25, -0.2) is 0 Å². The molecule has 0 saturated heterocycles. The summed E-state index contributed by atoms with van der Waals surface area (Å²) in [6.07, 6.45) is 3.84. The first kappa shape index (κ1) is 15.8. The van der Waals surface area contributed by atoms with Crippen molar-refractivity contribution < 1.29 is 4.74 Å². The summed E-state index contributed by atoms with van der Waals surface area (Å²) in [6.45, 7) is 4.35. The summed E-state index contributed by atoms with van der Waals surface area (Å²) >= 11 is 6.35. The number of imidazole rings is 1. The Morgan fingerprint density at radius 3 is 2.57 bits per heavy atom. The molecule has 0 aliphatic rings. The molecule has 5 heteroatoms. The lowest BCUT2D eigenvalue weighted by Crippen LogP contribution is -2.08. The molecule has 4 nitrogen and oxygen atoms in total. The van der Waals surface area contributed by atoms with E-state index >= 15 is 0 Å². The van der Waals surface area contributed by atoms with E-state index in [0.717, 1.165) is 35.1 Å². The lowest BCUT2D eigenvalue weighted by atomic mass is 10.1. The Bertz CT molecular complexity index is 824. The molecule has 0 aliphatic heterocycles. The van der Waals surface area contributed by atoms with E-state index < -0.39 is 0 Å². The molecule has 0 amide bonds. The number of halogens is 1. The van der Waals surface area contributed by atoms with E-state index in [1.54, 1.807) is 13.3 Å². The summed E-state index contributed by atoms with van der Waals surface area (Å²) in [4.78, 5) is 9.21. The molecule has 2 heterocycles. The van der Waals surface area contributed by atoms with Gasteiger partial charge in [0.25, 0.3) is 6.01 Å². The smallest absolute Gasteiger partial charge is 0.297 e. The number of methoxy groups -OCH3 is 1. The van der Waals surface area contributed by atoms with Crippen LogP contribution in [0.5, 0.6) is 6.01 Å². The predicted octanol–water partition coefficient (Wildman–Crippen LogP) is 5.12. The molecule has 23 heavy (non-hydrogen) atoms. The molecule has 3 aromatic rings. The Hall–Kier alpha value is -2.07. The molecule has 0 atom stereocenters. The van der Waals surface area contributed by atoms with Gasteiger partial charge in [-0.05, 0) is 25.0 Å². The van der Waals surface area contributed by atoms with E-state index in [0.29, 0.717) is 17.1 Å². The number of pyridine rings is 1. The van der Waals surface area contributed by atoms with E-state index in [9.17, 15) is 0 Å². The fourth-order valence-corrected chi connectivity index (χ4v) is 3.23. The highest BCUT2D eigenvalue weighted by Gasteiger charge is 2.21. The van der Waals surface area contributed by atoms with Gasteiger partial charge in [0, 0.05) is 17.8 Å². The maximum atomic E-state index is 6.35. The quantitative estimate of drug-likeness (QED) is 0.652. The SMILES string of the molecule is CCC(CC)n1c(OC)nc2c(-c3ccccc3Cl)nccc21. The minimum atomic E-state index is 0.344. The number of ether oxygens (including phenoxy) is 1. The Balaban J connectivity index is 2.30. The number of hydrogen-bond donors (Lipinski definition) is 0. The zero-order valence-electron chi connectivity index (χ0n) is 13.6. The van der Waals surface area contributed by atoms with Crippen LogP contribution in [0.4, 0.5) is 0 Å². The first-order valence-corrected chi connectivity index (χ1v) is 8.24. The molecule has 0 saturated carbocycles. The van der Waals surface area contributed by atoms with E-state index in [-0.39, 0.29) is 0 Å². The maximum Gasteiger partial charge on any atom is 0.297 e. The minimum Gasteiger partial charge on any atom is -0.468 e. The third-order valence-electron chi connectivity index (χ3n) is 4.20. The van der Waals surface area contributed by atoms with E-state index in [2.05, 4.69) is 28.4 Å². The van der Waals surface area contributed by atoms with Crippen LogP contribution in [-0.4, -0.2) is 21.6 Å². The van der Waals surface area contributed by atoms with Gasteiger partial charge in [0.05, 0.1) is 23.3 Å². The standard InChI is InChI=1S/C18H20ClN3O/c1-4-12(5-2)22-15-10-11-20-16(17(15)21-18(22)23-3)13-8-6-7-9-14(13)19/h6-12H,4-5H2,1-3H3. The molecule has 0 bridgehead atoms. The average Bonchev–Trinajstić information content (AvgIpc) is 2.95. The van der Waals surface area contributed by atoms with Gasteiger partial charge in [-0.15, -0.1) is 0 Å². The van der Waals surface area contributed by atoms with Crippen molar-refractivity contribution in [2.45, 2.75) is 32.7 Å². The predicted molar refractivity (Wildman–Crippen MR) is 94.1 cm³/mol. The molecular formula is C18H20ClN3O. The summed E-state index contributed by atoms with van der Waals surface area (Å²) in [6, 6.07) is 10.7. The van der Waals surface area contributed by atoms with Crippen LogP contribution >= 0.6 is 11.6 Å². The van der Waals surface area contributed by atoms with Crippen LogP contribution in [0.1, 0.15) is 32.7 Å². The lowest BCUT2D eigenvalue weighted by molar-refractivity contribution is 0.333. The van der Waals surface area contributed by atoms with Gasteiger partial charge >= 0.3 is 0 Å². The van der Waals surface area contributed by atoms with E-state index in [4.69, 9.17) is 16.3 Å². The highest BCUT2D eigenvalue weighted by atomic mass is 35.5. The molecule has 120 valence electrons. The van der Waals surface area contributed by atoms with Crippen molar-refractivity contribution >= 4 is 22.6 Å². The number of rotatable bonds is 5. The van der Waals surface area contributed by atoms with Crippen LogP contribution in [0.25, 0.3) is 22.3 Å². The molecule has 0 radical (unpaired) electrons. The Morgan fingerprint density at radius 2 is 1.91 bits per heavy atom. The van der Waals surface area contributed by atoms with Crippen LogP contribution in [-0.2, 0) is 0 Å². The molecule has 0 unspecified atom stereocenters. The Kier molecular flexibility index (Phi) is 4.53.